The molecule has 2 aromatic carbocycles. The van der Waals surface area contributed by atoms with Crippen molar-refractivity contribution in [2.75, 3.05) is 23.7 Å². The lowest BCUT2D eigenvalue weighted by Crippen LogP contribution is -2.51. The molecule has 0 unspecified atom stereocenters. The number of halogens is 6. The normalized spacial score (nSPS) is 12.7. The highest BCUT2D eigenvalue weighted by molar-refractivity contribution is 7.92. The summed E-state index contributed by atoms with van der Waals surface area (Å²) in [6, 6.07) is 5.59. The van der Waals surface area contributed by atoms with Crippen molar-refractivity contribution in [2.45, 2.75) is 45.5 Å². The first-order chi connectivity index (χ1) is 17.6. The maximum atomic E-state index is 13.5. The second kappa shape index (κ2) is 13.2. The van der Waals surface area contributed by atoms with E-state index in [0.717, 1.165) is 23.6 Å². The number of benzene rings is 2. The molecule has 2 aromatic rings. The standard InChI is InChI=1S/C24H27Cl3F3N3O4S/c1-4-5-10-31-23(35)15(2)32(13-16-6-8-18(25)12-20(16)27)22(34)14-33(38(3,36)37)21-11-17(24(28,29)30)7-9-19(21)26/h6-9,11-12,15H,4-5,10,13-14H2,1-3H3,(H,31,35)/t15-/m0/s1. The molecule has 2 rings (SSSR count). The van der Waals surface area contributed by atoms with Crippen molar-refractivity contribution in [3.8, 4) is 0 Å². The topological polar surface area (TPSA) is 86.8 Å². The predicted molar refractivity (Wildman–Crippen MR) is 143 cm³/mol. The number of rotatable bonds is 11. The van der Waals surface area contributed by atoms with Crippen molar-refractivity contribution >= 4 is 62.3 Å². The summed E-state index contributed by atoms with van der Waals surface area (Å²) < 4.78 is 65.7. The number of hydrogen-bond donors (Lipinski definition) is 1. The Labute approximate surface area is 234 Å². The Hall–Kier alpha value is -2.21. The van der Waals surface area contributed by atoms with Gasteiger partial charge >= 0.3 is 6.18 Å². The lowest BCUT2D eigenvalue weighted by molar-refractivity contribution is -0.139. The van der Waals surface area contributed by atoms with Crippen molar-refractivity contribution in [3.63, 3.8) is 0 Å². The van der Waals surface area contributed by atoms with Gasteiger partial charge < -0.3 is 10.2 Å². The molecule has 2 amide bonds. The van der Waals surface area contributed by atoms with Crippen molar-refractivity contribution in [2.24, 2.45) is 0 Å². The molecule has 210 valence electrons. The Kier molecular flexibility index (Phi) is 11.1. The molecule has 0 saturated carbocycles. The van der Waals surface area contributed by atoms with Crippen LogP contribution >= 0.6 is 34.8 Å². The lowest BCUT2D eigenvalue weighted by Gasteiger charge is -2.32. The van der Waals surface area contributed by atoms with Gasteiger partial charge in [0.25, 0.3) is 0 Å². The molecule has 7 nitrogen and oxygen atoms in total. The molecule has 0 spiro atoms. The minimum atomic E-state index is -4.78. The van der Waals surface area contributed by atoms with Gasteiger partial charge in [-0.25, -0.2) is 8.42 Å². The van der Waals surface area contributed by atoms with Crippen molar-refractivity contribution < 1.29 is 31.2 Å². The number of hydrogen-bond acceptors (Lipinski definition) is 4. The second-order valence-corrected chi connectivity index (χ2v) is 11.7. The van der Waals surface area contributed by atoms with Gasteiger partial charge in [0, 0.05) is 23.1 Å². The Morgan fingerprint density at radius 1 is 1.05 bits per heavy atom. The largest absolute Gasteiger partial charge is 0.416 e. The van der Waals surface area contributed by atoms with Crippen LogP contribution in [0.1, 0.15) is 37.8 Å². The van der Waals surface area contributed by atoms with Gasteiger partial charge in [-0.05, 0) is 49.2 Å². The van der Waals surface area contributed by atoms with Crippen LogP contribution in [0.4, 0.5) is 18.9 Å². The zero-order chi connectivity index (χ0) is 28.8. The smallest absolute Gasteiger partial charge is 0.354 e. The zero-order valence-corrected chi connectivity index (χ0v) is 23.9. The van der Waals surface area contributed by atoms with Crippen LogP contribution in [0.2, 0.25) is 15.1 Å². The summed E-state index contributed by atoms with van der Waals surface area (Å²) in [5, 5.41) is 2.94. The van der Waals surface area contributed by atoms with Gasteiger partial charge in [-0.15, -0.1) is 0 Å². The van der Waals surface area contributed by atoms with Crippen LogP contribution in [0.5, 0.6) is 0 Å². The first-order valence-corrected chi connectivity index (χ1v) is 14.4. The van der Waals surface area contributed by atoms with E-state index in [2.05, 4.69) is 5.32 Å². The average molecular weight is 617 g/mol. The van der Waals surface area contributed by atoms with Crippen LogP contribution in [0, 0.1) is 0 Å². The van der Waals surface area contributed by atoms with Crippen molar-refractivity contribution in [1.29, 1.82) is 0 Å². The van der Waals surface area contributed by atoms with E-state index >= 15 is 0 Å². The molecule has 38 heavy (non-hydrogen) atoms. The van der Waals surface area contributed by atoms with Crippen LogP contribution in [-0.4, -0.2) is 50.5 Å². The molecule has 0 aliphatic heterocycles. The van der Waals surface area contributed by atoms with E-state index in [-0.39, 0.29) is 16.6 Å². The van der Waals surface area contributed by atoms with E-state index in [0.29, 0.717) is 40.0 Å². The number of alkyl halides is 3. The predicted octanol–water partition coefficient (Wildman–Crippen LogP) is 5.77. The Balaban J connectivity index is 2.50. The molecule has 0 saturated heterocycles. The third-order valence-corrected chi connectivity index (χ3v) is 7.61. The quantitative estimate of drug-likeness (QED) is 0.325. The van der Waals surface area contributed by atoms with Crippen molar-refractivity contribution in [3.05, 3.63) is 62.6 Å². The highest BCUT2D eigenvalue weighted by Crippen LogP contribution is 2.36. The number of amides is 2. The van der Waals surface area contributed by atoms with E-state index in [1.54, 1.807) is 6.07 Å². The third-order valence-electron chi connectivity index (χ3n) is 5.57. The van der Waals surface area contributed by atoms with Crippen LogP contribution in [0.25, 0.3) is 0 Å². The van der Waals surface area contributed by atoms with Gasteiger partial charge in [0.05, 0.1) is 22.5 Å². The molecule has 0 heterocycles. The maximum Gasteiger partial charge on any atom is 0.416 e. The number of unbranched alkanes of at least 4 members (excludes halogenated alkanes) is 1. The van der Waals surface area contributed by atoms with E-state index < -0.39 is 51.9 Å². The first kappa shape index (κ1) is 32.0. The summed E-state index contributed by atoms with van der Waals surface area (Å²) in [5.74, 6) is -1.37. The molecular weight excluding hydrogens is 590 g/mol. The van der Waals surface area contributed by atoms with Gasteiger partial charge in [-0.1, -0.05) is 54.2 Å². The highest BCUT2D eigenvalue weighted by atomic mass is 35.5. The van der Waals surface area contributed by atoms with E-state index in [1.165, 1.54) is 19.1 Å². The molecule has 1 N–H and O–H groups in total. The molecule has 0 aliphatic rings. The Bertz CT molecular complexity index is 1280. The number of carbonyl (C=O) groups is 2. The number of carbonyl (C=O) groups excluding carboxylic acids is 2. The molecular formula is C24H27Cl3F3N3O4S. The fourth-order valence-electron chi connectivity index (χ4n) is 3.43. The summed E-state index contributed by atoms with van der Waals surface area (Å²) in [4.78, 5) is 27.4. The molecule has 0 bridgehead atoms. The van der Waals surface area contributed by atoms with Gasteiger partial charge in [0.1, 0.15) is 12.6 Å². The summed E-state index contributed by atoms with van der Waals surface area (Å²) in [6.45, 7) is 2.62. The first-order valence-electron chi connectivity index (χ1n) is 11.4. The SMILES string of the molecule is CCCCNC(=O)[C@H](C)N(Cc1ccc(Cl)cc1Cl)C(=O)CN(c1cc(C(F)(F)F)ccc1Cl)S(C)(=O)=O. The molecule has 0 aromatic heterocycles. The number of sulfonamides is 1. The number of nitrogens with one attached hydrogen (secondary N) is 1. The summed E-state index contributed by atoms with van der Waals surface area (Å²) in [7, 11) is -4.29. The molecule has 0 radical (unpaired) electrons. The molecule has 14 heteroatoms. The minimum Gasteiger partial charge on any atom is -0.354 e. The highest BCUT2D eigenvalue weighted by Gasteiger charge is 2.34. The van der Waals surface area contributed by atoms with Crippen LogP contribution in [0.3, 0.4) is 0 Å². The number of nitrogens with zero attached hydrogens (tertiary/aromatic N) is 2. The molecule has 0 fully saturated rings. The fraction of sp³-hybridized carbons (Fsp3) is 0.417. The lowest BCUT2D eigenvalue weighted by atomic mass is 10.1. The average Bonchev–Trinajstić information content (AvgIpc) is 2.80. The van der Waals surface area contributed by atoms with E-state index in [4.69, 9.17) is 34.8 Å². The van der Waals surface area contributed by atoms with Gasteiger partial charge in [-0.3, -0.25) is 13.9 Å². The molecule has 0 aliphatic carbocycles. The minimum absolute atomic E-state index is 0.203. The summed E-state index contributed by atoms with van der Waals surface area (Å²) in [5.41, 5.74) is -1.26. The Morgan fingerprint density at radius 3 is 2.26 bits per heavy atom. The zero-order valence-electron chi connectivity index (χ0n) is 20.8. The maximum absolute atomic E-state index is 13.5. The van der Waals surface area contributed by atoms with Crippen LogP contribution < -0.4 is 9.62 Å². The van der Waals surface area contributed by atoms with Gasteiger partial charge in [0.15, 0.2) is 0 Å². The summed E-state index contributed by atoms with van der Waals surface area (Å²) in [6.07, 6.45) is -2.53. The molecule has 1 atom stereocenters. The van der Waals surface area contributed by atoms with Crippen LogP contribution in [0.15, 0.2) is 36.4 Å². The monoisotopic (exact) mass is 615 g/mol. The summed E-state index contributed by atoms with van der Waals surface area (Å²) >= 11 is 18.3. The third kappa shape index (κ3) is 8.65. The van der Waals surface area contributed by atoms with Crippen LogP contribution in [-0.2, 0) is 32.3 Å². The second-order valence-electron chi connectivity index (χ2n) is 8.51. The number of anilines is 1. The van der Waals surface area contributed by atoms with Gasteiger partial charge in [0.2, 0.25) is 21.8 Å². The van der Waals surface area contributed by atoms with Crippen molar-refractivity contribution in [1.82, 2.24) is 10.2 Å². The fourth-order valence-corrected chi connectivity index (χ4v) is 5.02. The van der Waals surface area contributed by atoms with E-state index in [1.807, 2.05) is 6.92 Å². The van der Waals surface area contributed by atoms with Gasteiger partial charge in [-0.2, -0.15) is 13.2 Å². The van der Waals surface area contributed by atoms with E-state index in [9.17, 15) is 31.2 Å². The Morgan fingerprint density at radius 2 is 1.71 bits per heavy atom.